The highest BCUT2D eigenvalue weighted by Crippen LogP contribution is 2.35. The molecule has 0 spiro atoms. The van der Waals surface area contributed by atoms with Crippen molar-refractivity contribution in [2.45, 2.75) is 13.3 Å². The molecular weight excluding hydrogens is 342 g/mol. The fourth-order valence-electron chi connectivity index (χ4n) is 1.79. The van der Waals surface area contributed by atoms with Gasteiger partial charge in [0, 0.05) is 26.6 Å². The zero-order valence-electron chi connectivity index (χ0n) is 10.9. The van der Waals surface area contributed by atoms with Crippen LogP contribution < -0.4 is 0 Å². The third kappa shape index (κ3) is 4.00. The van der Waals surface area contributed by atoms with Crippen LogP contribution in [-0.4, -0.2) is 14.7 Å². The Balaban J connectivity index is 2.46. The third-order valence-corrected chi connectivity index (χ3v) is 4.52. The van der Waals surface area contributed by atoms with Gasteiger partial charge in [-0.05, 0) is 23.6 Å². The Hall–Kier alpha value is -1.02. The van der Waals surface area contributed by atoms with Crippen LogP contribution >= 0.6 is 22.9 Å². The molecule has 0 bridgehead atoms. The molecule has 0 radical (unpaired) electrons. The van der Waals surface area contributed by atoms with E-state index in [1.807, 2.05) is 0 Å². The maximum Gasteiger partial charge on any atom is 0.264 e. The fraction of sp³-hybridized carbons (Fsp3) is 0.231. The topological polar surface area (TPSA) is 43.4 Å². The number of thiophene rings is 1. The maximum atomic E-state index is 14.0. The lowest BCUT2D eigenvalue weighted by atomic mass is 10.0. The monoisotopic (exact) mass is 352 g/mol. The van der Waals surface area contributed by atoms with Gasteiger partial charge in [0.1, 0.15) is 12.5 Å². The summed E-state index contributed by atoms with van der Waals surface area (Å²) in [5.74, 6) is -0.564. The van der Waals surface area contributed by atoms with Crippen molar-refractivity contribution in [3.63, 3.8) is 0 Å². The van der Waals surface area contributed by atoms with Crippen LogP contribution in [0.15, 0.2) is 23.6 Å². The SMILES string of the molecule is CS(=O)(=O)OCc1c(-c2ccc(Cl)cc2F)csc1CF. The number of alkyl halides is 1. The molecule has 0 aliphatic carbocycles. The molecule has 0 aliphatic heterocycles. The van der Waals surface area contributed by atoms with Crippen molar-refractivity contribution in [3.05, 3.63) is 44.9 Å². The largest absolute Gasteiger partial charge is 0.265 e. The lowest BCUT2D eigenvalue weighted by molar-refractivity contribution is 0.310. The second-order valence-corrected chi connectivity index (χ2v) is 7.32. The van der Waals surface area contributed by atoms with Gasteiger partial charge in [0.05, 0.1) is 12.9 Å². The van der Waals surface area contributed by atoms with Crippen molar-refractivity contribution in [2.24, 2.45) is 0 Å². The minimum Gasteiger partial charge on any atom is -0.265 e. The van der Waals surface area contributed by atoms with Crippen LogP contribution in [0.1, 0.15) is 10.4 Å². The van der Waals surface area contributed by atoms with E-state index >= 15 is 0 Å². The normalized spacial score (nSPS) is 11.8. The van der Waals surface area contributed by atoms with E-state index in [9.17, 15) is 17.2 Å². The highest BCUT2D eigenvalue weighted by atomic mass is 35.5. The molecule has 0 amide bonds. The zero-order valence-corrected chi connectivity index (χ0v) is 13.3. The summed E-state index contributed by atoms with van der Waals surface area (Å²) in [5, 5.41) is 1.81. The van der Waals surface area contributed by atoms with Crippen molar-refractivity contribution < 1.29 is 21.4 Å². The second kappa shape index (κ2) is 6.39. The molecule has 1 aromatic heterocycles. The predicted molar refractivity (Wildman–Crippen MR) is 79.2 cm³/mol. The first-order valence-electron chi connectivity index (χ1n) is 5.77. The van der Waals surface area contributed by atoms with E-state index in [4.69, 9.17) is 15.8 Å². The number of halogens is 3. The first kappa shape index (κ1) is 16.4. The van der Waals surface area contributed by atoms with Gasteiger partial charge in [-0.25, -0.2) is 8.78 Å². The molecule has 0 saturated carbocycles. The van der Waals surface area contributed by atoms with E-state index in [1.165, 1.54) is 12.1 Å². The van der Waals surface area contributed by atoms with Crippen LogP contribution in [0.2, 0.25) is 5.02 Å². The molecule has 2 aromatic rings. The molecule has 0 aliphatic rings. The molecular formula is C13H11ClF2O3S2. The van der Waals surface area contributed by atoms with Gasteiger partial charge in [-0.3, -0.25) is 4.18 Å². The summed E-state index contributed by atoms with van der Waals surface area (Å²) in [6.07, 6.45) is 0.900. The Labute approximate surface area is 130 Å². The highest BCUT2D eigenvalue weighted by molar-refractivity contribution is 7.85. The molecule has 8 heteroatoms. The van der Waals surface area contributed by atoms with Crippen molar-refractivity contribution in [3.8, 4) is 11.1 Å². The maximum absolute atomic E-state index is 14.0. The molecule has 0 unspecified atom stereocenters. The van der Waals surface area contributed by atoms with Gasteiger partial charge >= 0.3 is 0 Å². The smallest absolute Gasteiger partial charge is 0.264 e. The predicted octanol–water partition coefficient (Wildman–Crippen LogP) is 4.15. The van der Waals surface area contributed by atoms with Crippen molar-refractivity contribution in [2.75, 3.05) is 6.26 Å². The van der Waals surface area contributed by atoms with Crippen molar-refractivity contribution >= 4 is 33.1 Å². The minimum atomic E-state index is -3.67. The van der Waals surface area contributed by atoms with E-state index < -0.39 is 22.6 Å². The summed E-state index contributed by atoms with van der Waals surface area (Å²) in [6, 6.07) is 4.12. The van der Waals surface area contributed by atoms with Gasteiger partial charge in [0.15, 0.2) is 0 Å². The quantitative estimate of drug-likeness (QED) is 0.759. The van der Waals surface area contributed by atoms with Gasteiger partial charge in [0.2, 0.25) is 0 Å². The molecule has 0 fully saturated rings. The molecule has 1 heterocycles. The van der Waals surface area contributed by atoms with Crippen LogP contribution in [0.4, 0.5) is 8.78 Å². The summed E-state index contributed by atoms with van der Waals surface area (Å²) in [7, 11) is -3.67. The molecule has 0 N–H and O–H groups in total. The summed E-state index contributed by atoms with van der Waals surface area (Å²) in [4.78, 5) is 0.308. The summed E-state index contributed by atoms with van der Waals surface area (Å²) in [6.45, 7) is -1.11. The molecule has 2 rings (SSSR count). The number of hydrogen-bond donors (Lipinski definition) is 0. The Kier molecular flexibility index (Phi) is 4.98. The summed E-state index contributed by atoms with van der Waals surface area (Å²) in [5.41, 5.74) is 0.960. The molecule has 0 saturated heterocycles. The Morgan fingerprint density at radius 3 is 2.62 bits per heavy atom. The Morgan fingerprint density at radius 2 is 2.05 bits per heavy atom. The average Bonchev–Trinajstić information content (AvgIpc) is 2.78. The first-order valence-corrected chi connectivity index (χ1v) is 8.84. The van der Waals surface area contributed by atoms with Gasteiger partial charge < -0.3 is 0 Å². The average molecular weight is 353 g/mol. The molecule has 1 aromatic carbocycles. The van der Waals surface area contributed by atoms with Crippen LogP contribution in [0.3, 0.4) is 0 Å². The summed E-state index contributed by atoms with van der Waals surface area (Å²) >= 11 is 6.78. The van der Waals surface area contributed by atoms with Gasteiger partial charge in [-0.1, -0.05) is 11.6 Å². The van der Waals surface area contributed by atoms with Crippen molar-refractivity contribution in [1.29, 1.82) is 0 Å². The molecule has 21 heavy (non-hydrogen) atoms. The van der Waals surface area contributed by atoms with Crippen LogP contribution in [0.5, 0.6) is 0 Å². The highest BCUT2D eigenvalue weighted by Gasteiger charge is 2.18. The number of rotatable bonds is 5. The fourth-order valence-corrected chi connectivity index (χ4v) is 3.19. The summed E-state index contributed by atoms with van der Waals surface area (Å²) < 4.78 is 53.8. The minimum absolute atomic E-state index is 0.224. The van der Waals surface area contributed by atoms with Crippen LogP contribution in [0, 0.1) is 5.82 Å². The lowest BCUT2D eigenvalue weighted by Gasteiger charge is -2.08. The lowest BCUT2D eigenvalue weighted by Crippen LogP contribution is -2.04. The van der Waals surface area contributed by atoms with E-state index in [0.29, 0.717) is 16.0 Å². The van der Waals surface area contributed by atoms with Crippen LogP contribution in [-0.2, 0) is 27.6 Å². The first-order chi connectivity index (χ1) is 9.81. The van der Waals surface area contributed by atoms with E-state index in [0.717, 1.165) is 23.7 Å². The Morgan fingerprint density at radius 1 is 1.33 bits per heavy atom. The van der Waals surface area contributed by atoms with E-state index in [1.54, 1.807) is 5.38 Å². The standard InChI is InChI=1S/C13H11ClF2O3S2/c1-21(17,18)19-6-10-11(7-20-13(10)5-15)9-3-2-8(14)4-12(9)16/h2-4,7H,5-6H2,1H3. The third-order valence-electron chi connectivity index (χ3n) is 2.74. The zero-order chi connectivity index (χ0) is 15.6. The second-order valence-electron chi connectivity index (χ2n) is 4.28. The van der Waals surface area contributed by atoms with Crippen LogP contribution in [0.25, 0.3) is 11.1 Å². The Bertz CT molecular complexity index is 757. The number of hydrogen-bond acceptors (Lipinski definition) is 4. The molecule has 0 atom stereocenters. The van der Waals surface area contributed by atoms with E-state index in [-0.39, 0.29) is 17.2 Å². The van der Waals surface area contributed by atoms with Crippen molar-refractivity contribution in [1.82, 2.24) is 0 Å². The van der Waals surface area contributed by atoms with Gasteiger partial charge in [-0.2, -0.15) is 8.42 Å². The van der Waals surface area contributed by atoms with E-state index in [2.05, 4.69) is 0 Å². The van der Waals surface area contributed by atoms with Gasteiger partial charge in [0.25, 0.3) is 10.1 Å². The molecule has 114 valence electrons. The van der Waals surface area contributed by atoms with Gasteiger partial charge in [-0.15, -0.1) is 11.3 Å². The molecule has 3 nitrogen and oxygen atoms in total. The number of benzene rings is 1.